The second-order valence-electron chi connectivity index (χ2n) is 4.80. The summed E-state index contributed by atoms with van der Waals surface area (Å²) in [5.74, 6) is 0.0802. The zero-order valence-electron chi connectivity index (χ0n) is 11.8. The Kier molecular flexibility index (Phi) is 4.51. The van der Waals surface area contributed by atoms with Crippen molar-refractivity contribution in [1.29, 1.82) is 0 Å². The lowest BCUT2D eigenvalue weighted by atomic mass is 10.1. The van der Waals surface area contributed by atoms with Crippen LogP contribution in [0.1, 0.15) is 16.7 Å². The van der Waals surface area contributed by atoms with Crippen molar-refractivity contribution in [3.05, 3.63) is 57.1 Å². The molecule has 0 aliphatic rings. The number of rotatable bonds is 3. The smallest absolute Gasteiger partial charge is 0.339 e. The second-order valence-corrected chi connectivity index (χ2v) is 7.10. The summed E-state index contributed by atoms with van der Waals surface area (Å²) < 4.78 is 29.7. The second kappa shape index (κ2) is 5.87. The molecule has 6 heteroatoms. The normalized spacial score (nSPS) is 11.5. The highest BCUT2D eigenvalue weighted by molar-refractivity contribution is 7.87. The summed E-state index contributed by atoms with van der Waals surface area (Å²) >= 11 is 12.2. The molecule has 0 atom stereocenters. The summed E-state index contributed by atoms with van der Waals surface area (Å²) in [5.41, 5.74) is 2.25. The zero-order valence-corrected chi connectivity index (χ0v) is 14.1. The Morgan fingerprint density at radius 2 is 1.52 bits per heavy atom. The van der Waals surface area contributed by atoms with Gasteiger partial charge in [-0.1, -0.05) is 40.9 Å². The van der Waals surface area contributed by atoms with Crippen LogP contribution in [0.4, 0.5) is 0 Å². The molecule has 112 valence electrons. The van der Waals surface area contributed by atoms with Gasteiger partial charge in [0.25, 0.3) is 0 Å². The summed E-state index contributed by atoms with van der Waals surface area (Å²) in [6.45, 7) is 5.35. The fourth-order valence-corrected chi connectivity index (χ4v) is 3.20. The van der Waals surface area contributed by atoms with Gasteiger partial charge >= 0.3 is 10.1 Å². The molecule has 0 saturated carbocycles. The van der Waals surface area contributed by atoms with E-state index in [0.717, 1.165) is 5.56 Å². The maximum absolute atomic E-state index is 12.3. The van der Waals surface area contributed by atoms with Gasteiger partial charge < -0.3 is 4.18 Å². The average molecular weight is 345 g/mol. The third-order valence-corrected chi connectivity index (χ3v) is 5.38. The van der Waals surface area contributed by atoms with Gasteiger partial charge in [-0.3, -0.25) is 0 Å². The quantitative estimate of drug-likeness (QED) is 0.758. The van der Waals surface area contributed by atoms with Crippen molar-refractivity contribution >= 4 is 33.3 Å². The fraction of sp³-hybridized carbons (Fsp3) is 0.200. The van der Waals surface area contributed by atoms with Crippen LogP contribution in [0.25, 0.3) is 0 Å². The predicted octanol–water partition coefficient (Wildman–Crippen LogP) is 4.69. The lowest BCUT2D eigenvalue weighted by Crippen LogP contribution is -2.10. The van der Waals surface area contributed by atoms with Crippen LogP contribution in [0, 0.1) is 20.8 Å². The molecular weight excluding hydrogens is 331 g/mol. The topological polar surface area (TPSA) is 43.4 Å². The molecule has 0 bridgehead atoms. The summed E-state index contributed by atoms with van der Waals surface area (Å²) in [6.07, 6.45) is 0. The van der Waals surface area contributed by atoms with Gasteiger partial charge in [0, 0.05) is 5.02 Å². The Morgan fingerprint density at radius 1 is 0.952 bits per heavy atom. The van der Waals surface area contributed by atoms with Crippen molar-refractivity contribution in [2.45, 2.75) is 25.7 Å². The van der Waals surface area contributed by atoms with E-state index >= 15 is 0 Å². The number of halogens is 2. The van der Waals surface area contributed by atoms with Crippen LogP contribution in [-0.2, 0) is 10.1 Å². The molecule has 0 amide bonds. The highest BCUT2D eigenvalue weighted by atomic mass is 35.5. The first-order valence-corrected chi connectivity index (χ1v) is 8.35. The molecule has 0 saturated heterocycles. The first-order chi connectivity index (χ1) is 9.72. The van der Waals surface area contributed by atoms with Crippen molar-refractivity contribution in [3.8, 4) is 5.75 Å². The molecule has 0 aliphatic carbocycles. The van der Waals surface area contributed by atoms with Gasteiger partial charge in [0.05, 0.1) is 5.02 Å². The average Bonchev–Trinajstić information content (AvgIpc) is 2.42. The van der Waals surface area contributed by atoms with E-state index in [1.54, 1.807) is 26.0 Å². The Labute approximate surface area is 134 Å². The van der Waals surface area contributed by atoms with E-state index in [-0.39, 0.29) is 15.7 Å². The Hall–Kier alpha value is -1.23. The van der Waals surface area contributed by atoms with Crippen molar-refractivity contribution in [2.24, 2.45) is 0 Å². The summed E-state index contributed by atoms with van der Waals surface area (Å²) in [4.78, 5) is 0.0782. The molecular formula is C15H14Cl2O3S. The molecule has 0 radical (unpaired) electrons. The van der Waals surface area contributed by atoms with Gasteiger partial charge in [-0.15, -0.1) is 0 Å². The molecule has 0 spiro atoms. The Balaban J connectivity index is 2.44. The summed E-state index contributed by atoms with van der Waals surface area (Å²) in [6, 6.07) is 7.91. The molecule has 3 nitrogen and oxygen atoms in total. The standard InChI is InChI=1S/C15H14Cl2O3S/c1-9-4-6-12(7-5-9)21(18,19)20-13-8-10(2)14(16)11(3)15(13)17/h4-8H,1-3H3. The van der Waals surface area contributed by atoms with Crippen LogP contribution in [0.2, 0.25) is 10.0 Å². The van der Waals surface area contributed by atoms with Crippen molar-refractivity contribution in [1.82, 2.24) is 0 Å². The lowest BCUT2D eigenvalue weighted by molar-refractivity contribution is 0.486. The Morgan fingerprint density at radius 3 is 2.10 bits per heavy atom. The minimum absolute atomic E-state index is 0.0782. The minimum atomic E-state index is -3.93. The molecule has 2 aromatic carbocycles. The maximum Gasteiger partial charge on any atom is 0.339 e. The summed E-state index contributed by atoms with van der Waals surface area (Å²) in [5, 5.41) is 0.696. The van der Waals surface area contributed by atoms with Crippen LogP contribution >= 0.6 is 23.2 Å². The van der Waals surface area contributed by atoms with Crippen LogP contribution in [0.5, 0.6) is 5.75 Å². The van der Waals surface area contributed by atoms with Gasteiger partial charge in [0.15, 0.2) is 5.75 Å². The van der Waals surface area contributed by atoms with E-state index in [0.29, 0.717) is 16.1 Å². The molecule has 21 heavy (non-hydrogen) atoms. The molecule has 0 unspecified atom stereocenters. The van der Waals surface area contributed by atoms with Crippen LogP contribution in [0.15, 0.2) is 35.2 Å². The van der Waals surface area contributed by atoms with E-state index in [4.69, 9.17) is 27.4 Å². The molecule has 0 fully saturated rings. The van der Waals surface area contributed by atoms with Crippen LogP contribution in [-0.4, -0.2) is 8.42 Å². The number of aryl methyl sites for hydroxylation is 2. The van der Waals surface area contributed by atoms with Gasteiger partial charge in [0.2, 0.25) is 0 Å². The molecule has 0 N–H and O–H groups in total. The van der Waals surface area contributed by atoms with Crippen molar-refractivity contribution < 1.29 is 12.6 Å². The zero-order chi connectivity index (χ0) is 15.8. The fourth-order valence-electron chi connectivity index (χ4n) is 1.83. The van der Waals surface area contributed by atoms with Gasteiger partial charge in [0.1, 0.15) is 4.90 Å². The molecule has 2 aromatic rings. The highest BCUT2D eigenvalue weighted by Gasteiger charge is 2.20. The largest absolute Gasteiger partial charge is 0.377 e. The number of hydrogen-bond donors (Lipinski definition) is 0. The number of benzene rings is 2. The van der Waals surface area contributed by atoms with E-state index in [1.807, 2.05) is 6.92 Å². The highest BCUT2D eigenvalue weighted by Crippen LogP contribution is 2.36. The van der Waals surface area contributed by atoms with Crippen LogP contribution < -0.4 is 4.18 Å². The van der Waals surface area contributed by atoms with Gasteiger partial charge in [-0.05, 0) is 50.1 Å². The SMILES string of the molecule is Cc1ccc(S(=O)(=O)Oc2cc(C)c(Cl)c(C)c2Cl)cc1. The molecule has 2 rings (SSSR count). The monoisotopic (exact) mass is 344 g/mol. The molecule has 0 heterocycles. The Bertz CT molecular complexity index is 782. The van der Waals surface area contributed by atoms with E-state index in [1.165, 1.54) is 18.2 Å². The van der Waals surface area contributed by atoms with Gasteiger partial charge in [-0.25, -0.2) is 0 Å². The molecule has 0 aromatic heterocycles. The summed E-state index contributed by atoms with van der Waals surface area (Å²) in [7, 11) is -3.93. The maximum atomic E-state index is 12.3. The van der Waals surface area contributed by atoms with Crippen molar-refractivity contribution in [3.63, 3.8) is 0 Å². The van der Waals surface area contributed by atoms with E-state index in [9.17, 15) is 8.42 Å². The first kappa shape index (κ1) is 16.1. The first-order valence-electron chi connectivity index (χ1n) is 6.18. The lowest BCUT2D eigenvalue weighted by Gasteiger charge is -2.12. The van der Waals surface area contributed by atoms with E-state index in [2.05, 4.69) is 0 Å². The van der Waals surface area contributed by atoms with Crippen molar-refractivity contribution in [2.75, 3.05) is 0 Å². The van der Waals surface area contributed by atoms with E-state index < -0.39 is 10.1 Å². The third kappa shape index (κ3) is 3.34. The molecule has 0 aliphatic heterocycles. The number of hydrogen-bond acceptors (Lipinski definition) is 3. The van der Waals surface area contributed by atoms with Gasteiger partial charge in [-0.2, -0.15) is 8.42 Å². The third-order valence-electron chi connectivity index (χ3n) is 3.08. The van der Waals surface area contributed by atoms with Crippen LogP contribution in [0.3, 0.4) is 0 Å². The minimum Gasteiger partial charge on any atom is -0.377 e. The predicted molar refractivity (Wildman–Crippen MR) is 84.9 cm³/mol.